The normalized spacial score (nSPS) is 18.4. The number of nitrogens with zero attached hydrogens (tertiary/aromatic N) is 1. The van der Waals surface area contributed by atoms with E-state index in [0.717, 1.165) is 11.0 Å². The first-order chi connectivity index (χ1) is 14.6. The molecule has 31 heavy (non-hydrogen) atoms. The molecule has 2 unspecified atom stereocenters. The number of halogens is 1. The molecule has 1 aliphatic heterocycles. The number of esters is 1. The summed E-state index contributed by atoms with van der Waals surface area (Å²) in [6.07, 6.45) is -0.115. The van der Waals surface area contributed by atoms with Crippen molar-refractivity contribution < 1.29 is 29.0 Å². The van der Waals surface area contributed by atoms with Gasteiger partial charge in [0.05, 0.1) is 17.3 Å². The lowest BCUT2D eigenvalue weighted by molar-refractivity contribution is -0.230. The fourth-order valence-corrected chi connectivity index (χ4v) is 4.11. The highest BCUT2D eigenvalue weighted by molar-refractivity contribution is 8.22. The molecule has 0 radical (unpaired) electrons. The van der Waals surface area contributed by atoms with Gasteiger partial charge in [-0.15, -0.1) is 0 Å². The number of nitrogens with one attached hydrogen (secondary N) is 1. The number of amides is 1. The Labute approximate surface area is 190 Å². The summed E-state index contributed by atoms with van der Waals surface area (Å²) in [6, 6.07) is 8.42. The molecule has 0 aliphatic carbocycles. The molecule has 1 amide bonds. The van der Waals surface area contributed by atoms with E-state index < -0.39 is 34.5 Å². The van der Waals surface area contributed by atoms with Crippen LogP contribution in [0.3, 0.4) is 0 Å². The largest absolute Gasteiger partial charge is 0.477 e. The summed E-state index contributed by atoms with van der Waals surface area (Å²) in [5, 5.41) is 12.8. The predicted molar refractivity (Wildman–Crippen MR) is 118 cm³/mol. The van der Waals surface area contributed by atoms with Crippen LogP contribution < -0.4 is 5.32 Å². The molecule has 1 aromatic carbocycles. The van der Waals surface area contributed by atoms with E-state index in [-0.39, 0.29) is 25.2 Å². The van der Waals surface area contributed by atoms with Crippen LogP contribution in [0.4, 0.5) is 0 Å². The zero-order chi connectivity index (χ0) is 23.2. The Hall–Kier alpha value is -2.10. The number of Topliss-reactive ketones (excluding diaryl/α,β-unsaturated/α-hetero) is 1. The Morgan fingerprint density at radius 3 is 2.39 bits per heavy atom. The van der Waals surface area contributed by atoms with Crippen molar-refractivity contribution in [2.45, 2.75) is 63.1 Å². The van der Waals surface area contributed by atoms with Crippen molar-refractivity contribution in [1.29, 1.82) is 0 Å². The molecule has 1 aliphatic rings. The number of hydrogen-bond acceptors (Lipinski definition) is 7. The molecule has 170 valence electrons. The van der Waals surface area contributed by atoms with Crippen molar-refractivity contribution in [2.75, 3.05) is 6.54 Å². The molecular weight excluding hydrogens is 444 g/mol. The number of benzene rings is 1. The predicted octanol–water partition coefficient (Wildman–Crippen LogP) is 3.20. The number of ketones is 1. The van der Waals surface area contributed by atoms with Gasteiger partial charge in [-0.1, -0.05) is 37.3 Å². The number of carboxylic acid groups (broad SMARTS) is 1. The van der Waals surface area contributed by atoms with E-state index in [4.69, 9.17) is 15.4 Å². The highest BCUT2D eigenvalue weighted by Crippen LogP contribution is 2.46. The fraction of sp³-hybridized carbons (Fsp3) is 0.524. The maximum absolute atomic E-state index is 12.5. The Morgan fingerprint density at radius 2 is 1.90 bits per heavy atom. The van der Waals surface area contributed by atoms with Crippen LogP contribution in [0.2, 0.25) is 0 Å². The van der Waals surface area contributed by atoms with Crippen molar-refractivity contribution in [3.05, 3.63) is 35.9 Å². The van der Waals surface area contributed by atoms with Gasteiger partial charge in [0.25, 0.3) is 5.72 Å². The van der Waals surface area contributed by atoms with E-state index in [1.54, 1.807) is 51.1 Å². The molecule has 0 saturated carbocycles. The summed E-state index contributed by atoms with van der Waals surface area (Å²) in [7, 11) is 6.74. The van der Waals surface area contributed by atoms with Gasteiger partial charge in [-0.2, -0.15) is 0 Å². The Bertz CT molecular complexity index is 834. The van der Waals surface area contributed by atoms with Gasteiger partial charge >= 0.3 is 11.9 Å². The first kappa shape index (κ1) is 25.2. The van der Waals surface area contributed by atoms with Gasteiger partial charge in [0.1, 0.15) is 0 Å². The zero-order valence-electron chi connectivity index (χ0n) is 17.7. The van der Waals surface area contributed by atoms with Crippen LogP contribution >= 0.6 is 21.7 Å². The number of carboxylic acids is 1. The van der Waals surface area contributed by atoms with Crippen LogP contribution in [0, 0.1) is 0 Å². The fourth-order valence-electron chi connectivity index (χ4n) is 3.45. The maximum atomic E-state index is 12.5. The number of rotatable bonds is 11. The summed E-state index contributed by atoms with van der Waals surface area (Å²) in [4.78, 5) is 50.9. The van der Waals surface area contributed by atoms with Gasteiger partial charge in [-0.05, 0) is 48.3 Å². The van der Waals surface area contributed by atoms with Crippen molar-refractivity contribution in [1.82, 2.24) is 10.2 Å². The molecule has 0 bridgehead atoms. The van der Waals surface area contributed by atoms with Gasteiger partial charge in [-0.3, -0.25) is 14.4 Å². The van der Waals surface area contributed by atoms with Crippen molar-refractivity contribution in [3.63, 3.8) is 0 Å². The van der Waals surface area contributed by atoms with Gasteiger partial charge in [-0.25, -0.2) is 9.69 Å². The van der Waals surface area contributed by atoms with E-state index in [9.17, 15) is 24.3 Å². The molecule has 1 fully saturated rings. The quantitative estimate of drug-likeness (QED) is 0.288. The molecule has 2 atom stereocenters. The molecule has 0 spiro atoms. The summed E-state index contributed by atoms with van der Waals surface area (Å²) in [5.74, 6) is -2.94. The van der Waals surface area contributed by atoms with Crippen LogP contribution in [0.25, 0.3) is 0 Å². The summed E-state index contributed by atoms with van der Waals surface area (Å²) in [6.45, 7) is 5.17. The van der Waals surface area contributed by atoms with E-state index in [0.29, 0.717) is 18.4 Å². The number of aliphatic carboxylic acids is 1. The van der Waals surface area contributed by atoms with Crippen LogP contribution in [0.15, 0.2) is 30.3 Å². The minimum atomic E-state index is -2.09. The Kier molecular flexibility index (Phi) is 8.50. The highest BCUT2D eigenvalue weighted by atomic mass is 35.7. The summed E-state index contributed by atoms with van der Waals surface area (Å²) >= 11 is 0. The molecule has 1 saturated heterocycles. The second-order valence-corrected chi connectivity index (χ2v) is 9.43. The van der Waals surface area contributed by atoms with Gasteiger partial charge in [0, 0.05) is 18.5 Å². The van der Waals surface area contributed by atoms with Crippen LogP contribution in [-0.4, -0.2) is 56.8 Å². The molecule has 10 heteroatoms. The first-order valence-electron chi connectivity index (χ1n) is 9.98. The van der Waals surface area contributed by atoms with Crippen molar-refractivity contribution >= 4 is 45.3 Å². The molecule has 2 rings (SSSR count). The van der Waals surface area contributed by atoms with E-state index in [1.807, 2.05) is 0 Å². The number of carbonyl (C=O) groups is 4. The van der Waals surface area contributed by atoms with Crippen LogP contribution in [0.1, 0.15) is 56.8 Å². The van der Waals surface area contributed by atoms with Gasteiger partial charge in [0.15, 0.2) is 5.78 Å². The number of carbonyl (C=O) groups excluding carboxylic acids is 3. The Morgan fingerprint density at radius 1 is 1.26 bits per heavy atom. The minimum Gasteiger partial charge on any atom is -0.477 e. The monoisotopic (exact) mass is 470 g/mol. The summed E-state index contributed by atoms with van der Waals surface area (Å²) in [5.41, 5.74) is -1.68. The molecule has 2 N–H and O–H groups in total. The molecular formula is C21H27ClN2O6S. The zero-order valence-corrected chi connectivity index (χ0v) is 19.3. The van der Waals surface area contributed by atoms with Gasteiger partial charge < -0.3 is 15.2 Å². The third kappa shape index (κ3) is 5.39. The van der Waals surface area contributed by atoms with E-state index in [1.165, 1.54) is 4.90 Å². The van der Waals surface area contributed by atoms with E-state index in [2.05, 4.69) is 5.32 Å². The second kappa shape index (κ2) is 10.5. The molecule has 1 aromatic rings. The topological polar surface area (TPSA) is 113 Å². The lowest BCUT2D eigenvalue weighted by atomic mass is 9.91. The number of likely N-dealkylation sites (tertiary alicyclic amines) is 1. The van der Waals surface area contributed by atoms with Crippen molar-refractivity contribution in [3.8, 4) is 0 Å². The summed E-state index contributed by atoms with van der Waals surface area (Å²) < 4.78 is 4.28. The molecule has 8 nitrogen and oxygen atoms in total. The first-order valence-corrected chi connectivity index (χ1v) is 11.6. The maximum Gasteiger partial charge on any atom is 0.365 e. The Balaban J connectivity index is 2.21. The SMILES string of the molecule is CCCC(=O)OC(C(=O)O)(N1CCC1NC(=O)CC(=O)c1ccccc1)C(C)(C)SCl. The average molecular weight is 471 g/mol. The van der Waals surface area contributed by atoms with Crippen LogP contribution in [0.5, 0.6) is 0 Å². The molecule has 0 aromatic heterocycles. The smallest absolute Gasteiger partial charge is 0.365 e. The van der Waals surface area contributed by atoms with Gasteiger partial charge in [0.2, 0.25) is 5.91 Å². The third-order valence-corrected chi connectivity index (χ3v) is 7.00. The van der Waals surface area contributed by atoms with E-state index >= 15 is 0 Å². The molecule has 1 heterocycles. The average Bonchev–Trinajstić information content (AvgIpc) is 2.71. The highest BCUT2D eigenvalue weighted by Gasteiger charge is 2.63. The van der Waals surface area contributed by atoms with Crippen LogP contribution in [-0.2, 0) is 19.1 Å². The number of ether oxygens (including phenoxy) is 1. The van der Waals surface area contributed by atoms with Crippen molar-refractivity contribution in [2.24, 2.45) is 0 Å². The number of hydrogen-bond donors (Lipinski definition) is 2. The lowest BCUT2D eigenvalue weighted by Crippen LogP contribution is -2.76. The minimum absolute atomic E-state index is 0.0501. The second-order valence-electron chi connectivity index (χ2n) is 7.79. The third-order valence-electron chi connectivity index (χ3n) is 5.18. The lowest BCUT2D eigenvalue weighted by Gasteiger charge is -2.54. The standard InChI is InChI=1S/C21H27ClN2O6S/c1-4-8-18(27)30-21(19(28)29,20(2,3)31-22)24-12-11-16(24)23-17(26)13-15(25)14-9-6-5-7-10-14/h5-7,9-10,16H,4,8,11-13H2,1-3H3,(H,23,26)(H,28,29).